The van der Waals surface area contributed by atoms with E-state index in [1.165, 1.54) is 4.90 Å². The Labute approximate surface area is 117 Å². The number of hydrogen-bond acceptors (Lipinski definition) is 4. The fourth-order valence-electron chi connectivity index (χ4n) is 1.41. The first-order chi connectivity index (χ1) is 9.22. The minimum absolute atomic E-state index is 0.0432. The van der Waals surface area contributed by atoms with Crippen molar-refractivity contribution in [2.45, 2.75) is 24.7 Å². The lowest BCUT2D eigenvalue weighted by Gasteiger charge is -2.05. The zero-order valence-electron chi connectivity index (χ0n) is 11.1. The van der Waals surface area contributed by atoms with Crippen LogP contribution in [0.4, 0.5) is 0 Å². The Morgan fingerprint density at radius 2 is 2.00 bits per heavy atom. The van der Waals surface area contributed by atoms with E-state index in [1.54, 1.807) is 18.7 Å². The molecule has 0 saturated heterocycles. The number of amides is 1. The van der Waals surface area contributed by atoms with Gasteiger partial charge in [0.1, 0.15) is 6.54 Å². The van der Waals surface area contributed by atoms with Crippen molar-refractivity contribution < 1.29 is 14.3 Å². The summed E-state index contributed by atoms with van der Waals surface area (Å²) in [4.78, 5) is 23.7. The molecule has 0 aliphatic carbocycles. The molecular formula is C14H19NO3S. The minimum Gasteiger partial charge on any atom is -0.465 e. The largest absolute Gasteiger partial charge is 0.465 e. The molecule has 0 fully saturated rings. The summed E-state index contributed by atoms with van der Waals surface area (Å²) in [6.45, 7) is 2.03. The first kappa shape index (κ1) is 15.6. The van der Waals surface area contributed by atoms with Crippen molar-refractivity contribution in [3.63, 3.8) is 0 Å². The van der Waals surface area contributed by atoms with Gasteiger partial charge in [0.25, 0.3) is 0 Å². The molecule has 1 rings (SSSR count). The van der Waals surface area contributed by atoms with E-state index in [4.69, 9.17) is 4.74 Å². The Bertz CT molecular complexity index is 395. The van der Waals surface area contributed by atoms with Crippen LogP contribution in [0, 0.1) is 0 Å². The van der Waals surface area contributed by atoms with Gasteiger partial charge in [0.05, 0.1) is 6.61 Å². The van der Waals surface area contributed by atoms with Crippen molar-refractivity contribution in [3.8, 4) is 0 Å². The van der Waals surface area contributed by atoms with Crippen LogP contribution in [0.1, 0.15) is 19.8 Å². The van der Waals surface area contributed by atoms with Crippen LogP contribution in [-0.2, 0) is 14.3 Å². The number of esters is 1. The Morgan fingerprint density at radius 3 is 2.68 bits per heavy atom. The predicted molar refractivity (Wildman–Crippen MR) is 76.0 cm³/mol. The molecular weight excluding hydrogens is 262 g/mol. The second kappa shape index (κ2) is 9.44. The Kier molecular flexibility index (Phi) is 7.74. The molecule has 0 bridgehead atoms. The molecule has 0 spiro atoms. The molecule has 4 nitrogen and oxygen atoms in total. The molecule has 0 heterocycles. The van der Waals surface area contributed by atoms with Crippen molar-refractivity contribution in [2.75, 3.05) is 18.9 Å². The fraction of sp³-hybridized carbons (Fsp3) is 0.429. The summed E-state index contributed by atoms with van der Waals surface area (Å²) in [6.07, 6.45) is 1.22. The minimum atomic E-state index is -0.394. The number of hydrogen-bond donors (Lipinski definition) is 1. The van der Waals surface area contributed by atoms with Gasteiger partial charge in [-0.05, 0) is 31.2 Å². The van der Waals surface area contributed by atoms with E-state index in [2.05, 4.69) is 5.32 Å². The number of carbonyl (C=O) groups is 2. The summed E-state index contributed by atoms with van der Waals surface area (Å²) in [5.41, 5.74) is 0. The molecule has 19 heavy (non-hydrogen) atoms. The van der Waals surface area contributed by atoms with E-state index in [0.717, 1.165) is 12.2 Å². The highest BCUT2D eigenvalue weighted by Gasteiger charge is 2.05. The lowest BCUT2D eigenvalue weighted by atomic mass is 10.3. The van der Waals surface area contributed by atoms with Crippen molar-refractivity contribution in [1.29, 1.82) is 0 Å². The molecule has 0 atom stereocenters. The van der Waals surface area contributed by atoms with E-state index in [1.807, 2.05) is 30.3 Å². The van der Waals surface area contributed by atoms with Crippen LogP contribution in [0.25, 0.3) is 0 Å². The van der Waals surface area contributed by atoms with Gasteiger partial charge in [-0.3, -0.25) is 9.59 Å². The topological polar surface area (TPSA) is 55.4 Å². The summed E-state index contributed by atoms with van der Waals surface area (Å²) in [5.74, 6) is 0.382. The Balaban J connectivity index is 2.06. The van der Waals surface area contributed by atoms with Crippen LogP contribution < -0.4 is 5.32 Å². The van der Waals surface area contributed by atoms with Crippen molar-refractivity contribution in [2.24, 2.45) is 0 Å². The first-order valence-electron chi connectivity index (χ1n) is 6.32. The van der Waals surface area contributed by atoms with E-state index in [0.29, 0.717) is 13.0 Å². The quantitative estimate of drug-likeness (QED) is 0.451. The van der Waals surface area contributed by atoms with Crippen LogP contribution >= 0.6 is 11.8 Å². The molecule has 1 amide bonds. The molecule has 1 aromatic carbocycles. The zero-order chi connectivity index (χ0) is 13.9. The van der Waals surface area contributed by atoms with Crippen molar-refractivity contribution in [1.82, 2.24) is 5.32 Å². The van der Waals surface area contributed by atoms with E-state index < -0.39 is 5.97 Å². The third-order valence-electron chi connectivity index (χ3n) is 2.30. The lowest BCUT2D eigenvalue weighted by Crippen LogP contribution is -2.30. The van der Waals surface area contributed by atoms with Gasteiger partial charge in [0.2, 0.25) is 5.91 Å². The third kappa shape index (κ3) is 7.51. The number of nitrogens with one attached hydrogen (secondary N) is 1. The fourth-order valence-corrected chi connectivity index (χ4v) is 2.28. The zero-order valence-corrected chi connectivity index (χ0v) is 11.9. The van der Waals surface area contributed by atoms with Crippen LogP contribution in [-0.4, -0.2) is 30.8 Å². The molecule has 0 aliphatic rings. The number of carbonyl (C=O) groups excluding carboxylic acids is 2. The molecule has 5 heteroatoms. The maximum Gasteiger partial charge on any atom is 0.325 e. The molecule has 0 aromatic heterocycles. The molecule has 0 radical (unpaired) electrons. The van der Waals surface area contributed by atoms with Crippen LogP contribution in [0.2, 0.25) is 0 Å². The summed E-state index contributed by atoms with van der Waals surface area (Å²) < 4.78 is 4.72. The number of rotatable bonds is 8. The summed E-state index contributed by atoms with van der Waals surface area (Å²) in [7, 11) is 0. The Morgan fingerprint density at radius 1 is 1.26 bits per heavy atom. The van der Waals surface area contributed by atoms with Gasteiger partial charge in [-0.1, -0.05) is 18.2 Å². The second-order valence-electron chi connectivity index (χ2n) is 3.85. The highest BCUT2D eigenvalue weighted by Crippen LogP contribution is 2.18. The molecule has 0 unspecified atom stereocenters. The maximum atomic E-state index is 11.4. The van der Waals surface area contributed by atoms with Gasteiger partial charge >= 0.3 is 5.97 Å². The van der Waals surface area contributed by atoms with Gasteiger partial charge in [0.15, 0.2) is 0 Å². The second-order valence-corrected chi connectivity index (χ2v) is 5.02. The van der Waals surface area contributed by atoms with Gasteiger partial charge < -0.3 is 10.1 Å². The number of ether oxygens (including phenoxy) is 1. The van der Waals surface area contributed by atoms with Crippen molar-refractivity contribution in [3.05, 3.63) is 30.3 Å². The predicted octanol–water partition coefficient (Wildman–Crippen LogP) is 2.24. The van der Waals surface area contributed by atoms with Crippen LogP contribution in [0.5, 0.6) is 0 Å². The standard InChI is InChI=1S/C14H19NO3S/c1-2-18-14(17)11-15-13(16)9-6-10-19-12-7-4-3-5-8-12/h3-5,7-8H,2,6,9-11H2,1H3,(H,15,16). The normalized spacial score (nSPS) is 9.95. The van der Waals surface area contributed by atoms with Gasteiger partial charge in [-0.25, -0.2) is 0 Å². The first-order valence-corrected chi connectivity index (χ1v) is 7.31. The third-order valence-corrected chi connectivity index (χ3v) is 3.39. The highest BCUT2D eigenvalue weighted by molar-refractivity contribution is 7.99. The molecule has 1 N–H and O–H groups in total. The molecule has 0 saturated carbocycles. The summed E-state index contributed by atoms with van der Waals surface area (Å²) in [5, 5.41) is 2.54. The van der Waals surface area contributed by atoms with E-state index >= 15 is 0 Å². The van der Waals surface area contributed by atoms with Gasteiger partial charge in [-0.2, -0.15) is 0 Å². The van der Waals surface area contributed by atoms with Gasteiger partial charge in [0, 0.05) is 11.3 Å². The molecule has 1 aromatic rings. The average Bonchev–Trinajstić information content (AvgIpc) is 2.43. The monoisotopic (exact) mass is 281 g/mol. The van der Waals surface area contributed by atoms with E-state index in [-0.39, 0.29) is 12.5 Å². The number of thioether (sulfide) groups is 1. The summed E-state index contributed by atoms with van der Waals surface area (Å²) in [6, 6.07) is 10.1. The smallest absolute Gasteiger partial charge is 0.325 e. The number of benzene rings is 1. The summed E-state index contributed by atoms with van der Waals surface area (Å²) >= 11 is 1.72. The Hall–Kier alpha value is -1.49. The maximum absolute atomic E-state index is 11.4. The van der Waals surface area contributed by atoms with Gasteiger partial charge in [-0.15, -0.1) is 11.8 Å². The average molecular weight is 281 g/mol. The lowest BCUT2D eigenvalue weighted by molar-refractivity contribution is -0.143. The van der Waals surface area contributed by atoms with Crippen LogP contribution in [0.15, 0.2) is 35.2 Å². The van der Waals surface area contributed by atoms with Crippen molar-refractivity contribution >= 4 is 23.6 Å². The molecule has 104 valence electrons. The SMILES string of the molecule is CCOC(=O)CNC(=O)CCCSc1ccccc1. The highest BCUT2D eigenvalue weighted by atomic mass is 32.2. The van der Waals surface area contributed by atoms with Crippen LogP contribution in [0.3, 0.4) is 0 Å². The molecule has 0 aliphatic heterocycles. The van der Waals surface area contributed by atoms with E-state index in [9.17, 15) is 9.59 Å².